The number of ether oxygens (including phenoxy) is 2. The molecular formula is C21H21F3NO4S+. The van der Waals surface area contributed by atoms with Gasteiger partial charge in [0.2, 0.25) is 5.25 Å². The fourth-order valence-electron chi connectivity index (χ4n) is 3.80. The van der Waals surface area contributed by atoms with Crippen LogP contribution in [0.25, 0.3) is 0 Å². The number of methoxy groups -OCH3 is 1. The molecule has 30 heavy (non-hydrogen) atoms. The number of alkyl halides is 3. The van der Waals surface area contributed by atoms with Crippen molar-refractivity contribution < 1.29 is 31.6 Å². The Hall–Kier alpha value is -2.52. The number of halogens is 3. The third-order valence-corrected chi connectivity index (χ3v) is 6.14. The van der Waals surface area contributed by atoms with Crippen LogP contribution < -0.4 is 10.5 Å². The molecule has 5 nitrogen and oxygen atoms in total. The van der Waals surface area contributed by atoms with Gasteiger partial charge in [-0.1, -0.05) is 18.2 Å². The molecule has 9 heteroatoms. The zero-order chi connectivity index (χ0) is 21.9. The molecule has 1 saturated carbocycles. The van der Waals surface area contributed by atoms with E-state index in [-0.39, 0.29) is 11.0 Å². The summed E-state index contributed by atoms with van der Waals surface area (Å²) in [5, 5.41) is -0.346. The van der Waals surface area contributed by atoms with Crippen LogP contribution >= 0.6 is 0 Å². The summed E-state index contributed by atoms with van der Waals surface area (Å²) >= 11 is 0.428. The van der Waals surface area contributed by atoms with Crippen molar-refractivity contribution in [3.05, 3.63) is 65.2 Å². The average molecular weight is 440 g/mol. The summed E-state index contributed by atoms with van der Waals surface area (Å²) < 4.78 is 61.7. The summed E-state index contributed by atoms with van der Waals surface area (Å²) in [5.74, 6) is -0.999. The maximum atomic E-state index is 13.1. The first-order chi connectivity index (χ1) is 14.2. The molecule has 0 saturated heterocycles. The minimum Gasteiger partial charge on any atom is -0.468 e. The lowest BCUT2D eigenvalue weighted by Gasteiger charge is -2.35. The van der Waals surface area contributed by atoms with Crippen LogP contribution in [-0.2, 0) is 32.5 Å². The second-order valence-electron chi connectivity index (χ2n) is 7.16. The van der Waals surface area contributed by atoms with E-state index in [0.29, 0.717) is 35.6 Å². The van der Waals surface area contributed by atoms with E-state index in [2.05, 4.69) is 4.74 Å². The van der Waals surface area contributed by atoms with Crippen molar-refractivity contribution in [2.75, 3.05) is 7.11 Å². The SMILES string of the molecule is COC(=O)c1ccc(C(N)(Oc2cccc(C(F)(F)F)c2)C2CCCC2[S+]=O)cc1. The predicted molar refractivity (Wildman–Crippen MR) is 105 cm³/mol. The molecular weight excluding hydrogens is 419 g/mol. The van der Waals surface area contributed by atoms with Crippen LogP contribution in [0, 0.1) is 5.92 Å². The monoisotopic (exact) mass is 440 g/mol. The number of rotatable bonds is 6. The zero-order valence-electron chi connectivity index (χ0n) is 16.1. The van der Waals surface area contributed by atoms with E-state index in [9.17, 15) is 22.2 Å². The Morgan fingerprint density at radius 1 is 1.10 bits per heavy atom. The summed E-state index contributed by atoms with van der Waals surface area (Å²) in [6.45, 7) is 0. The first-order valence-electron chi connectivity index (χ1n) is 9.31. The molecule has 2 aromatic rings. The quantitative estimate of drug-likeness (QED) is 0.412. The Morgan fingerprint density at radius 3 is 2.40 bits per heavy atom. The lowest BCUT2D eigenvalue weighted by molar-refractivity contribution is -0.137. The van der Waals surface area contributed by atoms with Crippen LogP contribution in [0.5, 0.6) is 5.75 Å². The molecule has 0 aliphatic heterocycles. The molecule has 0 bridgehead atoms. The lowest BCUT2D eigenvalue weighted by Crippen LogP contribution is -2.52. The van der Waals surface area contributed by atoms with Gasteiger partial charge in [0.05, 0.1) is 24.2 Å². The highest BCUT2D eigenvalue weighted by Crippen LogP contribution is 2.42. The summed E-state index contributed by atoms with van der Waals surface area (Å²) in [5.41, 5.74) is 5.02. The molecule has 1 aliphatic carbocycles. The second kappa shape index (κ2) is 8.69. The van der Waals surface area contributed by atoms with Crippen molar-refractivity contribution in [3.63, 3.8) is 0 Å². The van der Waals surface area contributed by atoms with Gasteiger partial charge in [0.15, 0.2) is 5.72 Å². The summed E-state index contributed by atoms with van der Waals surface area (Å²) in [7, 11) is 1.26. The van der Waals surface area contributed by atoms with Gasteiger partial charge in [-0.15, -0.1) is 0 Å². The van der Waals surface area contributed by atoms with Gasteiger partial charge < -0.3 is 9.47 Å². The fourth-order valence-corrected chi connectivity index (χ4v) is 4.53. The van der Waals surface area contributed by atoms with Crippen LogP contribution in [0.4, 0.5) is 13.2 Å². The smallest absolute Gasteiger partial charge is 0.462 e. The molecule has 0 amide bonds. The number of hydrogen-bond donors (Lipinski definition) is 1. The van der Waals surface area contributed by atoms with Gasteiger partial charge in [-0.25, -0.2) is 4.79 Å². The number of esters is 1. The van der Waals surface area contributed by atoms with Crippen molar-refractivity contribution in [2.24, 2.45) is 11.7 Å². The summed E-state index contributed by atoms with van der Waals surface area (Å²) in [6, 6.07) is 10.6. The Morgan fingerprint density at radius 2 is 1.80 bits per heavy atom. The highest BCUT2D eigenvalue weighted by Gasteiger charge is 2.52. The van der Waals surface area contributed by atoms with Gasteiger partial charge >= 0.3 is 23.8 Å². The number of nitrogens with two attached hydrogens (primary N) is 1. The van der Waals surface area contributed by atoms with E-state index >= 15 is 0 Å². The predicted octanol–water partition coefficient (Wildman–Crippen LogP) is 4.28. The molecule has 1 aliphatic rings. The molecule has 1 fully saturated rings. The molecule has 3 unspecified atom stereocenters. The van der Waals surface area contributed by atoms with Crippen molar-refractivity contribution in [1.82, 2.24) is 0 Å². The fraction of sp³-hybridized carbons (Fsp3) is 0.381. The number of carbonyl (C=O) groups is 1. The van der Waals surface area contributed by atoms with Gasteiger partial charge in [0.1, 0.15) is 5.75 Å². The average Bonchev–Trinajstić information content (AvgIpc) is 3.22. The van der Waals surface area contributed by atoms with E-state index in [1.807, 2.05) is 0 Å². The molecule has 0 spiro atoms. The van der Waals surface area contributed by atoms with Gasteiger partial charge in [-0.05, 0) is 43.2 Å². The van der Waals surface area contributed by atoms with Gasteiger partial charge in [-0.3, -0.25) is 5.73 Å². The van der Waals surface area contributed by atoms with Crippen molar-refractivity contribution >= 4 is 17.6 Å². The first kappa shape index (κ1) is 22.2. The Balaban J connectivity index is 2.02. The highest BCUT2D eigenvalue weighted by molar-refractivity contribution is 7.66. The Labute approximate surface area is 175 Å². The normalized spacial score (nSPS) is 21.0. The summed E-state index contributed by atoms with van der Waals surface area (Å²) in [4.78, 5) is 11.7. The number of benzene rings is 2. The van der Waals surface area contributed by atoms with Gasteiger partial charge in [-0.2, -0.15) is 13.2 Å². The second-order valence-corrected chi connectivity index (χ2v) is 7.96. The molecule has 0 aromatic heterocycles. The molecule has 2 aromatic carbocycles. The van der Waals surface area contributed by atoms with Crippen molar-refractivity contribution in [3.8, 4) is 5.75 Å². The van der Waals surface area contributed by atoms with Crippen molar-refractivity contribution in [1.29, 1.82) is 0 Å². The largest absolute Gasteiger partial charge is 0.468 e. The third-order valence-electron chi connectivity index (χ3n) is 5.33. The lowest BCUT2D eigenvalue weighted by atomic mass is 9.87. The number of carbonyl (C=O) groups excluding carboxylic acids is 1. The molecule has 160 valence electrons. The van der Waals surface area contributed by atoms with Crippen LogP contribution in [-0.4, -0.2) is 18.3 Å². The maximum Gasteiger partial charge on any atom is 0.462 e. The zero-order valence-corrected chi connectivity index (χ0v) is 17.0. The molecule has 3 atom stereocenters. The summed E-state index contributed by atoms with van der Waals surface area (Å²) in [6.07, 6.45) is -2.53. The molecule has 0 heterocycles. The van der Waals surface area contributed by atoms with Crippen LogP contribution in [0.15, 0.2) is 48.5 Å². The highest BCUT2D eigenvalue weighted by atomic mass is 32.1. The molecule has 0 radical (unpaired) electrons. The van der Waals surface area contributed by atoms with E-state index < -0.39 is 29.4 Å². The number of hydrogen-bond acceptors (Lipinski definition) is 5. The van der Waals surface area contributed by atoms with Crippen molar-refractivity contribution in [2.45, 2.75) is 36.4 Å². The van der Waals surface area contributed by atoms with E-state index in [1.165, 1.54) is 31.4 Å². The van der Waals surface area contributed by atoms with Gasteiger partial charge in [0.25, 0.3) is 0 Å². The molecule has 2 N–H and O–H groups in total. The topological polar surface area (TPSA) is 78.6 Å². The Bertz CT molecular complexity index is 919. The minimum absolute atomic E-state index is 0.0501. The van der Waals surface area contributed by atoms with E-state index in [4.69, 9.17) is 10.5 Å². The van der Waals surface area contributed by atoms with Gasteiger partial charge in [0, 0.05) is 16.2 Å². The standard InChI is InChI=1S/C21H21F3NO4S/c1-28-19(26)13-8-10-14(11-9-13)20(25,17-6-3-7-18(17)30-27)29-16-5-2-4-15(12-16)21(22,23)24/h2,4-5,8-12,17-18H,3,6-7,25H2,1H3/q+1. The first-order valence-corrected chi connectivity index (χ1v) is 10.1. The third kappa shape index (κ3) is 4.46. The minimum atomic E-state index is -4.53. The maximum absolute atomic E-state index is 13.1. The van der Waals surface area contributed by atoms with E-state index in [0.717, 1.165) is 18.6 Å². The van der Waals surface area contributed by atoms with Crippen LogP contribution in [0.3, 0.4) is 0 Å². The van der Waals surface area contributed by atoms with Crippen LogP contribution in [0.2, 0.25) is 0 Å². The Kier molecular flexibility index (Phi) is 6.42. The van der Waals surface area contributed by atoms with Crippen LogP contribution in [0.1, 0.15) is 40.7 Å². The van der Waals surface area contributed by atoms with E-state index in [1.54, 1.807) is 12.1 Å². The molecule has 3 rings (SSSR count).